The van der Waals surface area contributed by atoms with Gasteiger partial charge in [-0.2, -0.15) is 0 Å². The van der Waals surface area contributed by atoms with Crippen LogP contribution in [0.25, 0.3) is 0 Å². The maximum atomic E-state index is 12.2. The van der Waals surface area contributed by atoms with E-state index in [1.165, 1.54) is 0 Å². The summed E-state index contributed by atoms with van der Waals surface area (Å²) in [5, 5.41) is 6.87. The molecule has 0 aromatic carbocycles. The highest BCUT2D eigenvalue weighted by Crippen LogP contribution is 2.18. The molecule has 2 rings (SSSR count). The van der Waals surface area contributed by atoms with Gasteiger partial charge in [-0.25, -0.2) is 0 Å². The van der Waals surface area contributed by atoms with Gasteiger partial charge < -0.3 is 14.6 Å². The highest BCUT2D eigenvalue weighted by molar-refractivity contribution is 5.96. The molecule has 100 valence electrons. The van der Waals surface area contributed by atoms with Gasteiger partial charge in [-0.05, 0) is 33.1 Å². The van der Waals surface area contributed by atoms with Crippen LogP contribution in [0.2, 0.25) is 0 Å². The minimum Gasteiger partial charge on any atom is -0.376 e. The number of ether oxygens (including phenoxy) is 1. The molecular formula is C13H20N2O3. The number of aromatic nitrogens is 1. The van der Waals surface area contributed by atoms with Crippen molar-refractivity contribution in [3.05, 3.63) is 17.0 Å². The van der Waals surface area contributed by atoms with Crippen molar-refractivity contribution in [3.63, 3.8) is 0 Å². The summed E-state index contributed by atoms with van der Waals surface area (Å²) in [6.07, 6.45) is 2.88. The molecule has 0 aliphatic carbocycles. The van der Waals surface area contributed by atoms with E-state index in [4.69, 9.17) is 9.26 Å². The van der Waals surface area contributed by atoms with Gasteiger partial charge in [-0.1, -0.05) is 12.1 Å². The van der Waals surface area contributed by atoms with Crippen molar-refractivity contribution in [1.29, 1.82) is 0 Å². The zero-order valence-corrected chi connectivity index (χ0v) is 11.2. The molecule has 2 heterocycles. The minimum atomic E-state index is -0.117. The predicted molar refractivity (Wildman–Crippen MR) is 66.5 cm³/mol. The summed E-state index contributed by atoms with van der Waals surface area (Å²) in [5.41, 5.74) is 1.28. The van der Waals surface area contributed by atoms with Crippen molar-refractivity contribution in [1.82, 2.24) is 10.5 Å². The maximum Gasteiger partial charge on any atom is 0.257 e. The number of carbonyl (C=O) groups is 1. The van der Waals surface area contributed by atoms with Crippen LogP contribution in [0.5, 0.6) is 0 Å². The van der Waals surface area contributed by atoms with E-state index in [2.05, 4.69) is 10.5 Å². The standard InChI is InChI=1S/C13H20N2O3/c1-4-10-12(9(3)18-15-10)13(16)14-8(2)11-6-5-7-17-11/h8,11H,4-7H2,1-3H3,(H,14,16)/t8-,11+/m0/s1. The molecule has 5 nitrogen and oxygen atoms in total. The molecule has 0 spiro atoms. The predicted octanol–water partition coefficient (Wildman–Crippen LogP) is 1.84. The number of carbonyl (C=O) groups excluding carboxylic acids is 1. The second-order valence-electron chi connectivity index (χ2n) is 4.73. The smallest absolute Gasteiger partial charge is 0.257 e. The van der Waals surface area contributed by atoms with Crippen molar-refractivity contribution < 1.29 is 14.1 Å². The molecule has 1 aromatic heterocycles. The van der Waals surface area contributed by atoms with Gasteiger partial charge in [0.1, 0.15) is 11.3 Å². The molecule has 1 saturated heterocycles. The first-order valence-electron chi connectivity index (χ1n) is 6.51. The van der Waals surface area contributed by atoms with Crippen LogP contribution >= 0.6 is 0 Å². The van der Waals surface area contributed by atoms with Gasteiger partial charge >= 0.3 is 0 Å². The Kier molecular flexibility index (Phi) is 4.01. The van der Waals surface area contributed by atoms with Crippen LogP contribution in [0.4, 0.5) is 0 Å². The fraction of sp³-hybridized carbons (Fsp3) is 0.692. The zero-order chi connectivity index (χ0) is 13.1. The second kappa shape index (κ2) is 5.52. The van der Waals surface area contributed by atoms with Gasteiger partial charge in [-0.3, -0.25) is 4.79 Å². The quantitative estimate of drug-likeness (QED) is 0.888. The molecule has 1 amide bonds. The third kappa shape index (κ3) is 2.56. The average molecular weight is 252 g/mol. The van der Waals surface area contributed by atoms with Gasteiger partial charge in [0.25, 0.3) is 5.91 Å². The lowest BCUT2D eigenvalue weighted by Crippen LogP contribution is -2.41. The Bertz CT molecular complexity index is 422. The average Bonchev–Trinajstić information content (AvgIpc) is 2.97. The first kappa shape index (κ1) is 13.1. The van der Waals surface area contributed by atoms with Crippen LogP contribution in [-0.4, -0.2) is 29.8 Å². The molecule has 18 heavy (non-hydrogen) atoms. The van der Waals surface area contributed by atoms with E-state index in [0.29, 0.717) is 23.4 Å². The highest BCUT2D eigenvalue weighted by Gasteiger charge is 2.26. The molecule has 2 atom stereocenters. The van der Waals surface area contributed by atoms with E-state index in [-0.39, 0.29) is 18.1 Å². The fourth-order valence-electron chi connectivity index (χ4n) is 2.32. The van der Waals surface area contributed by atoms with Crippen molar-refractivity contribution in [2.75, 3.05) is 6.61 Å². The normalized spacial score (nSPS) is 20.9. The van der Waals surface area contributed by atoms with E-state index in [9.17, 15) is 4.79 Å². The van der Waals surface area contributed by atoms with Crippen LogP contribution < -0.4 is 5.32 Å². The first-order chi connectivity index (χ1) is 8.63. The lowest BCUT2D eigenvalue weighted by molar-refractivity contribution is 0.0711. The summed E-state index contributed by atoms with van der Waals surface area (Å²) in [6, 6.07) is 0.0130. The Hall–Kier alpha value is -1.36. The van der Waals surface area contributed by atoms with E-state index in [1.807, 2.05) is 13.8 Å². The van der Waals surface area contributed by atoms with Crippen LogP contribution in [0.3, 0.4) is 0 Å². The number of nitrogens with zero attached hydrogens (tertiary/aromatic N) is 1. The largest absolute Gasteiger partial charge is 0.376 e. The highest BCUT2D eigenvalue weighted by atomic mass is 16.5. The van der Waals surface area contributed by atoms with Crippen molar-refractivity contribution in [2.45, 2.75) is 52.2 Å². The topological polar surface area (TPSA) is 64.4 Å². The molecular weight excluding hydrogens is 232 g/mol. The van der Waals surface area contributed by atoms with E-state index < -0.39 is 0 Å². The summed E-state index contributed by atoms with van der Waals surface area (Å²) >= 11 is 0. The summed E-state index contributed by atoms with van der Waals surface area (Å²) < 4.78 is 10.6. The van der Waals surface area contributed by atoms with Crippen LogP contribution in [-0.2, 0) is 11.2 Å². The number of hydrogen-bond donors (Lipinski definition) is 1. The van der Waals surface area contributed by atoms with Crippen molar-refractivity contribution in [3.8, 4) is 0 Å². The van der Waals surface area contributed by atoms with Crippen LogP contribution in [0, 0.1) is 6.92 Å². The number of aryl methyl sites for hydroxylation is 2. The Morgan fingerprint density at radius 2 is 2.39 bits per heavy atom. The lowest BCUT2D eigenvalue weighted by Gasteiger charge is -2.19. The number of hydrogen-bond acceptors (Lipinski definition) is 4. The van der Waals surface area contributed by atoms with Crippen LogP contribution in [0.15, 0.2) is 4.52 Å². The molecule has 1 fully saturated rings. The minimum absolute atomic E-state index is 0.0130. The monoisotopic (exact) mass is 252 g/mol. The summed E-state index contributed by atoms with van der Waals surface area (Å²) in [6.45, 7) is 6.48. The van der Waals surface area contributed by atoms with Crippen LogP contribution in [0.1, 0.15) is 48.5 Å². The molecule has 1 N–H and O–H groups in total. The third-order valence-corrected chi connectivity index (χ3v) is 3.38. The Labute approximate surface area is 107 Å². The third-order valence-electron chi connectivity index (χ3n) is 3.38. The van der Waals surface area contributed by atoms with E-state index >= 15 is 0 Å². The molecule has 1 aliphatic rings. The molecule has 5 heteroatoms. The van der Waals surface area contributed by atoms with Gasteiger partial charge in [0.05, 0.1) is 17.8 Å². The van der Waals surface area contributed by atoms with E-state index in [1.54, 1.807) is 6.92 Å². The number of nitrogens with one attached hydrogen (secondary N) is 1. The van der Waals surface area contributed by atoms with Gasteiger partial charge in [0.2, 0.25) is 0 Å². The molecule has 0 bridgehead atoms. The van der Waals surface area contributed by atoms with Gasteiger partial charge in [0.15, 0.2) is 0 Å². The van der Waals surface area contributed by atoms with E-state index in [0.717, 1.165) is 19.4 Å². The summed E-state index contributed by atoms with van der Waals surface area (Å²) in [5.74, 6) is 0.456. The molecule has 0 radical (unpaired) electrons. The van der Waals surface area contributed by atoms with Crippen molar-refractivity contribution in [2.24, 2.45) is 0 Å². The molecule has 1 aromatic rings. The molecule has 0 saturated carbocycles. The van der Waals surface area contributed by atoms with Gasteiger partial charge in [0, 0.05) is 6.61 Å². The Morgan fingerprint density at radius 1 is 1.61 bits per heavy atom. The van der Waals surface area contributed by atoms with Gasteiger partial charge in [-0.15, -0.1) is 0 Å². The first-order valence-corrected chi connectivity index (χ1v) is 6.51. The fourth-order valence-corrected chi connectivity index (χ4v) is 2.32. The Morgan fingerprint density at radius 3 is 3.00 bits per heavy atom. The van der Waals surface area contributed by atoms with Crippen molar-refractivity contribution >= 4 is 5.91 Å². The Balaban J connectivity index is 2.04. The molecule has 1 aliphatic heterocycles. The molecule has 0 unspecified atom stereocenters. The number of rotatable bonds is 4. The SMILES string of the molecule is CCc1noc(C)c1C(=O)N[C@@H](C)[C@H]1CCCO1. The summed E-state index contributed by atoms with van der Waals surface area (Å²) in [4.78, 5) is 12.2. The number of amides is 1. The lowest BCUT2D eigenvalue weighted by atomic mass is 10.1. The zero-order valence-electron chi connectivity index (χ0n) is 11.2. The summed E-state index contributed by atoms with van der Waals surface area (Å²) in [7, 11) is 0. The second-order valence-corrected chi connectivity index (χ2v) is 4.73. The maximum absolute atomic E-state index is 12.2.